The molecule has 2 heteroatoms. The van der Waals surface area contributed by atoms with Crippen LogP contribution in [-0.4, -0.2) is 9.13 Å². The molecule has 0 radical (unpaired) electrons. The number of fused-ring (bicyclic) bond motifs is 18. The van der Waals surface area contributed by atoms with Crippen molar-refractivity contribution in [2.24, 2.45) is 0 Å². The van der Waals surface area contributed by atoms with Crippen molar-refractivity contribution in [3.8, 4) is 44.8 Å². The molecule has 14 aromatic rings. The third kappa shape index (κ3) is 4.48. The second-order valence-electron chi connectivity index (χ2n) is 17.6. The van der Waals surface area contributed by atoms with Crippen LogP contribution in [-0.2, 0) is 0 Å². The molecule has 0 atom stereocenters. The van der Waals surface area contributed by atoms with Crippen LogP contribution in [0.5, 0.6) is 0 Å². The molecule has 2 nitrogen and oxygen atoms in total. The molecule has 64 heavy (non-hydrogen) atoms. The van der Waals surface area contributed by atoms with Crippen LogP contribution in [0.25, 0.3) is 142 Å². The summed E-state index contributed by atoms with van der Waals surface area (Å²) in [7, 11) is 0. The molecule has 0 saturated carbocycles. The SMILES string of the molecule is c1ccc(-n2c3ccc(-c4ccc5c(c4)c4c6ccccc6ccc4n5-c4ccc5c6ccccc6c6ccccc6c5c4)cc3c3c4cccc5c4c(cc32)-c2ccccc2-5)cc1. The van der Waals surface area contributed by atoms with Gasteiger partial charge in [-0.15, -0.1) is 0 Å². The van der Waals surface area contributed by atoms with E-state index < -0.39 is 0 Å². The Labute approximate surface area is 368 Å². The normalized spacial score (nSPS) is 12.4. The summed E-state index contributed by atoms with van der Waals surface area (Å²) < 4.78 is 4.96. The molecule has 294 valence electrons. The Morgan fingerprint density at radius 2 is 0.734 bits per heavy atom. The summed E-state index contributed by atoms with van der Waals surface area (Å²) >= 11 is 0. The molecule has 2 heterocycles. The van der Waals surface area contributed by atoms with Gasteiger partial charge in [0.15, 0.2) is 0 Å². The Morgan fingerprint density at radius 3 is 1.44 bits per heavy atom. The minimum absolute atomic E-state index is 1.16. The maximum absolute atomic E-state index is 2.49. The number of para-hydroxylation sites is 1. The van der Waals surface area contributed by atoms with Crippen LogP contribution in [0.3, 0.4) is 0 Å². The standard InChI is InChI=1S/C62H36N2/c1-2-14-40(15-3-1)63-56-30-26-39(34-55(56)62-51-24-12-23-50-46-20-9-11-22-48(46)53(60(50)51)36-59(62)63)38-27-31-57-54(33-38)61-42-16-5-4-13-37(42)25-32-58(61)64(57)41-28-29-49-45-19-7-6-17-43(45)44-18-8-10-21-47(44)52(49)35-41/h1-36H. The van der Waals surface area contributed by atoms with E-state index in [0.717, 1.165) is 5.69 Å². The molecule has 2 aromatic heterocycles. The number of hydrogen-bond acceptors (Lipinski definition) is 0. The number of benzene rings is 12. The molecule has 1 aliphatic carbocycles. The third-order valence-electron chi connectivity index (χ3n) is 14.4. The quantitative estimate of drug-likeness (QED) is 0.157. The largest absolute Gasteiger partial charge is 0.309 e. The van der Waals surface area contributed by atoms with E-state index in [1.165, 1.54) is 137 Å². The lowest BCUT2D eigenvalue weighted by Gasteiger charge is -2.14. The molecular formula is C62H36N2. The van der Waals surface area contributed by atoms with Crippen molar-refractivity contribution in [1.29, 1.82) is 0 Å². The van der Waals surface area contributed by atoms with E-state index in [2.05, 4.69) is 228 Å². The van der Waals surface area contributed by atoms with E-state index in [1.54, 1.807) is 0 Å². The molecule has 0 N–H and O–H groups in total. The zero-order valence-electron chi connectivity index (χ0n) is 34.7. The number of aromatic nitrogens is 2. The molecule has 0 unspecified atom stereocenters. The van der Waals surface area contributed by atoms with Gasteiger partial charge in [0.1, 0.15) is 0 Å². The zero-order valence-corrected chi connectivity index (χ0v) is 34.7. The first-order valence-electron chi connectivity index (χ1n) is 22.3. The van der Waals surface area contributed by atoms with Crippen LogP contribution in [0.1, 0.15) is 0 Å². The van der Waals surface area contributed by atoms with E-state index in [1.807, 2.05) is 0 Å². The Hall–Kier alpha value is -8.46. The summed E-state index contributed by atoms with van der Waals surface area (Å²) in [5, 5.41) is 18.0. The molecule has 0 fully saturated rings. The topological polar surface area (TPSA) is 9.86 Å². The molecule has 12 aromatic carbocycles. The maximum atomic E-state index is 2.49. The van der Waals surface area contributed by atoms with Crippen molar-refractivity contribution in [3.63, 3.8) is 0 Å². The third-order valence-corrected chi connectivity index (χ3v) is 14.4. The van der Waals surface area contributed by atoms with Crippen LogP contribution >= 0.6 is 0 Å². The average molecular weight is 809 g/mol. The number of hydrogen-bond donors (Lipinski definition) is 0. The van der Waals surface area contributed by atoms with Gasteiger partial charge in [-0.3, -0.25) is 0 Å². The van der Waals surface area contributed by atoms with Crippen LogP contribution in [0.15, 0.2) is 218 Å². The summed E-state index contributed by atoms with van der Waals surface area (Å²) in [4.78, 5) is 0. The molecule has 0 amide bonds. The van der Waals surface area contributed by atoms with Crippen LogP contribution in [0.4, 0.5) is 0 Å². The van der Waals surface area contributed by atoms with Gasteiger partial charge in [0.2, 0.25) is 0 Å². The Bertz CT molecular complexity index is 4320. The first-order chi connectivity index (χ1) is 31.8. The fourth-order valence-electron chi connectivity index (χ4n) is 11.7. The van der Waals surface area contributed by atoms with Gasteiger partial charge < -0.3 is 9.13 Å². The maximum Gasteiger partial charge on any atom is 0.0553 e. The molecule has 0 aliphatic heterocycles. The van der Waals surface area contributed by atoms with Crippen LogP contribution in [0, 0.1) is 0 Å². The van der Waals surface area contributed by atoms with E-state index >= 15 is 0 Å². The van der Waals surface area contributed by atoms with Gasteiger partial charge in [-0.2, -0.15) is 0 Å². The van der Waals surface area contributed by atoms with Gasteiger partial charge in [0.05, 0.1) is 22.1 Å². The van der Waals surface area contributed by atoms with Crippen LogP contribution in [0.2, 0.25) is 0 Å². The minimum Gasteiger partial charge on any atom is -0.309 e. The van der Waals surface area contributed by atoms with Crippen molar-refractivity contribution in [2.75, 3.05) is 0 Å². The van der Waals surface area contributed by atoms with E-state index in [-0.39, 0.29) is 0 Å². The van der Waals surface area contributed by atoms with Crippen molar-refractivity contribution < 1.29 is 0 Å². The lowest BCUT2D eigenvalue weighted by Crippen LogP contribution is -1.95. The Morgan fingerprint density at radius 1 is 0.219 bits per heavy atom. The highest BCUT2D eigenvalue weighted by Crippen LogP contribution is 2.51. The van der Waals surface area contributed by atoms with Crippen molar-refractivity contribution in [1.82, 2.24) is 9.13 Å². The van der Waals surface area contributed by atoms with Gasteiger partial charge in [-0.05, 0) is 148 Å². The van der Waals surface area contributed by atoms with Crippen molar-refractivity contribution >= 4 is 97.5 Å². The average Bonchev–Trinajstić information content (AvgIpc) is 4.00. The van der Waals surface area contributed by atoms with Gasteiger partial charge in [0, 0.05) is 32.9 Å². The molecule has 15 rings (SSSR count). The van der Waals surface area contributed by atoms with Crippen LogP contribution < -0.4 is 0 Å². The summed E-state index contributed by atoms with van der Waals surface area (Å²) in [5.74, 6) is 0. The van der Waals surface area contributed by atoms with Gasteiger partial charge in [-0.1, -0.05) is 158 Å². The highest BCUT2D eigenvalue weighted by Gasteiger charge is 2.26. The lowest BCUT2D eigenvalue weighted by atomic mass is 9.94. The Kier molecular flexibility index (Phi) is 6.71. The fourth-order valence-corrected chi connectivity index (χ4v) is 11.7. The Balaban J connectivity index is 0.996. The number of nitrogens with zero attached hydrogens (tertiary/aromatic N) is 2. The molecule has 0 bridgehead atoms. The van der Waals surface area contributed by atoms with Gasteiger partial charge >= 0.3 is 0 Å². The monoisotopic (exact) mass is 808 g/mol. The predicted octanol–water partition coefficient (Wildman–Crippen LogP) is 17.0. The summed E-state index contributed by atoms with van der Waals surface area (Å²) in [6.07, 6.45) is 0. The second-order valence-corrected chi connectivity index (χ2v) is 17.6. The van der Waals surface area contributed by atoms with Gasteiger partial charge in [0.25, 0.3) is 0 Å². The van der Waals surface area contributed by atoms with E-state index in [4.69, 9.17) is 0 Å². The van der Waals surface area contributed by atoms with Crippen molar-refractivity contribution in [2.45, 2.75) is 0 Å². The zero-order chi connectivity index (χ0) is 41.6. The van der Waals surface area contributed by atoms with Crippen molar-refractivity contribution in [3.05, 3.63) is 218 Å². The molecule has 1 aliphatic rings. The second kappa shape index (κ2) is 12.6. The first kappa shape index (κ1) is 34.2. The summed E-state index contributed by atoms with van der Waals surface area (Å²) in [6, 6.07) is 81.5. The van der Waals surface area contributed by atoms with E-state index in [0.29, 0.717) is 0 Å². The molecule has 0 spiro atoms. The highest BCUT2D eigenvalue weighted by molar-refractivity contribution is 6.30. The predicted molar refractivity (Wildman–Crippen MR) is 273 cm³/mol. The van der Waals surface area contributed by atoms with E-state index in [9.17, 15) is 0 Å². The smallest absolute Gasteiger partial charge is 0.0553 e. The molecular weight excluding hydrogens is 773 g/mol. The molecule has 0 saturated heterocycles. The number of rotatable bonds is 3. The summed E-state index contributed by atoms with van der Waals surface area (Å²) in [5.41, 5.74) is 14.9. The lowest BCUT2D eigenvalue weighted by molar-refractivity contribution is 1.18. The summed E-state index contributed by atoms with van der Waals surface area (Å²) in [6.45, 7) is 0. The fraction of sp³-hybridized carbons (Fsp3) is 0. The highest BCUT2D eigenvalue weighted by atomic mass is 15.0. The van der Waals surface area contributed by atoms with Gasteiger partial charge in [-0.25, -0.2) is 0 Å². The minimum atomic E-state index is 1.16. The first-order valence-corrected chi connectivity index (χ1v) is 22.3.